The molecule has 0 aliphatic carbocycles. The first-order valence-corrected chi connectivity index (χ1v) is 10.6. The maximum atomic E-state index is 13.9. The standard InChI is InChI=1S/C22H20F2N2O3S/c1-15-7-10-18(11-8-15)30(28,29)26-21(13-16-5-3-2-4-6-16)22(27)25-20-14-17(23)9-12-19(20)24/h2-12,14,21,26H,13H2,1H3,(H,25,27)/t21-/m1/s1. The smallest absolute Gasteiger partial charge is 0.242 e. The van der Waals surface area contributed by atoms with Gasteiger partial charge in [0.1, 0.15) is 17.7 Å². The number of hydrogen-bond acceptors (Lipinski definition) is 3. The summed E-state index contributed by atoms with van der Waals surface area (Å²) in [6.45, 7) is 1.82. The Kier molecular flexibility index (Phi) is 6.59. The maximum Gasteiger partial charge on any atom is 0.242 e. The number of hydrogen-bond donors (Lipinski definition) is 2. The molecule has 1 atom stereocenters. The Bertz CT molecular complexity index is 1130. The fraction of sp³-hybridized carbons (Fsp3) is 0.136. The summed E-state index contributed by atoms with van der Waals surface area (Å²) in [5.41, 5.74) is 1.21. The minimum absolute atomic E-state index is 0.00380. The van der Waals surface area contributed by atoms with E-state index >= 15 is 0 Å². The second-order valence-corrected chi connectivity index (χ2v) is 8.50. The molecule has 156 valence electrons. The lowest BCUT2D eigenvalue weighted by atomic mass is 10.1. The zero-order valence-electron chi connectivity index (χ0n) is 16.1. The number of benzene rings is 3. The molecule has 2 N–H and O–H groups in total. The van der Waals surface area contributed by atoms with Crippen molar-refractivity contribution in [3.63, 3.8) is 0 Å². The molecular weight excluding hydrogens is 410 g/mol. The predicted octanol–water partition coefficient (Wildman–Crippen LogP) is 3.80. The van der Waals surface area contributed by atoms with E-state index in [9.17, 15) is 22.0 Å². The fourth-order valence-electron chi connectivity index (χ4n) is 2.82. The average Bonchev–Trinajstić information content (AvgIpc) is 2.71. The zero-order valence-corrected chi connectivity index (χ0v) is 16.9. The van der Waals surface area contributed by atoms with Gasteiger partial charge in [-0.05, 0) is 43.2 Å². The molecule has 30 heavy (non-hydrogen) atoms. The Morgan fingerprint density at radius 3 is 2.30 bits per heavy atom. The van der Waals surface area contributed by atoms with Crippen LogP contribution in [0.5, 0.6) is 0 Å². The summed E-state index contributed by atoms with van der Waals surface area (Å²) in [6.07, 6.45) is 0.0225. The van der Waals surface area contributed by atoms with Crippen molar-refractivity contribution in [3.05, 3.63) is 95.6 Å². The highest BCUT2D eigenvalue weighted by molar-refractivity contribution is 7.89. The number of halogens is 2. The number of carbonyl (C=O) groups excluding carboxylic acids is 1. The SMILES string of the molecule is Cc1ccc(S(=O)(=O)N[C@H](Cc2ccccc2)C(=O)Nc2cc(F)ccc2F)cc1. The summed E-state index contributed by atoms with van der Waals surface area (Å²) in [7, 11) is -4.03. The molecule has 3 aromatic rings. The van der Waals surface area contributed by atoms with E-state index in [-0.39, 0.29) is 17.0 Å². The molecule has 8 heteroatoms. The van der Waals surface area contributed by atoms with Crippen LogP contribution in [0.2, 0.25) is 0 Å². The molecule has 0 bridgehead atoms. The molecule has 0 aliphatic heterocycles. The van der Waals surface area contributed by atoms with Crippen molar-refractivity contribution in [3.8, 4) is 0 Å². The van der Waals surface area contributed by atoms with E-state index in [1.165, 1.54) is 12.1 Å². The lowest BCUT2D eigenvalue weighted by Gasteiger charge is -2.19. The summed E-state index contributed by atoms with van der Waals surface area (Å²) in [4.78, 5) is 12.8. The summed E-state index contributed by atoms with van der Waals surface area (Å²) in [5, 5.41) is 2.27. The Morgan fingerprint density at radius 1 is 0.967 bits per heavy atom. The average molecular weight is 430 g/mol. The van der Waals surface area contributed by atoms with Gasteiger partial charge in [0.2, 0.25) is 15.9 Å². The van der Waals surface area contributed by atoms with Crippen molar-refractivity contribution in [1.29, 1.82) is 0 Å². The topological polar surface area (TPSA) is 75.3 Å². The van der Waals surface area contributed by atoms with Crippen molar-refractivity contribution >= 4 is 21.6 Å². The van der Waals surface area contributed by atoms with Gasteiger partial charge < -0.3 is 5.32 Å². The fourth-order valence-corrected chi connectivity index (χ4v) is 4.02. The third kappa shape index (κ3) is 5.49. The van der Waals surface area contributed by atoms with Gasteiger partial charge in [-0.3, -0.25) is 4.79 Å². The number of anilines is 1. The van der Waals surface area contributed by atoms with E-state index < -0.39 is 33.6 Å². The minimum atomic E-state index is -4.03. The summed E-state index contributed by atoms with van der Waals surface area (Å²) >= 11 is 0. The summed E-state index contributed by atoms with van der Waals surface area (Å²) < 4.78 is 55.4. The number of amides is 1. The molecule has 3 aromatic carbocycles. The second-order valence-electron chi connectivity index (χ2n) is 6.79. The van der Waals surface area contributed by atoms with Crippen molar-refractivity contribution in [2.24, 2.45) is 0 Å². The van der Waals surface area contributed by atoms with Crippen LogP contribution in [0.4, 0.5) is 14.5 Å². The van der Waals surface area contributed by atoms with Crippen LogP contribution < -0.4 is 10.0 Å². The molecule has 0 saturated heterocycles. The van der Waals surface area contributed by atoms with Crippen LogP contribution in [0.25, 0.3) is 0 Å². The number of sulfonamides is 1. The van der Waals surface area contributed by atoms with Crippen LogP contribution in [-0.4, -0.2) is 20.4 Å². The molecule has 0 aromatic heterocycles. The Labute approximate surface area is 173 Å². The van der Waals surface area contributed by atoms with Gasteiger partial charge in [0.15, 0.2) is 0 Å². The van der Waals surface area contributed by atoms with E-state index in [0.29, 0.717) is 5.56 Å². The molecule has 0 fully saturated rings. The van der Waals surface area contributed by atoms with Crippen LogP contribution in [0, 0.1) is 18.6 Å². The van der Waals surface area contributed by atoms with Crippen LogP contribution in [0.1, 0.15) is 11.1 Å². The van der Waals surface area contributed by atoms with Crippen LogP contribution in [-0.2, 0) is 21.2 Å². The van der Waals surface area contributed by atoms with Crippen LogP contribution >= 0.6 is 0 Å². The summed E-state index contributed by atoms with van der Waals surface area (Å²) in [6, 6.07) is 16.3. The van der Waals surface area contributed by atoms with E-state index in [1.54, 1.807) is 42.5 Å². The highest BCUT2D eigenvalue weighted by Gasteiger charge is 2.27. The van der Waals surface area contributed by atoms with Gasteiger partial charge in [-0.15, -0.1) is 0 Å². The first-order chi connectivity index (χ1) is 14.2. The molecule has 0 spiro atoms. The van der Waals surface area contributed by atoms with Gasteiger partial charge in [0.05, 0.1) is 10.6 Å². The van der Waals surface area contributed by atoms with E-state index in [4.69, 9.17) is 0 Å². The Balaban J connectivity index is 1.88. The molecule has 5 nitrogen and oxygen atoms in total. The normalized spacial score (nSPS) is 12.4. The van der Waals surface area contributed by atoms with E-state index in [1.807, 2.05) is 6.92 Å². The van der Waals surface area contributed by atoms with Gasteiger partial charge >= 0.3 is 0 Å². The first kappa shape index (κ1) is 21.6. The lowest BCUT2D eigenvalue weighted by molar-refractivity contribution is -0.117. The van der Waals surface area contributed by atoms with Gasteiger partial charge in [-0.1, -0.05) is 48.0 Å². The quantitative estimate of drug-likeness (QED) is 0.599. The number of carbonyl (C=O) groups is 1. The van der Waals surface area contributed by atoms with E-state index in [2.05, 4.69) is 10.0 Å². The van der Waals surface area contributed by atoms with Gasteiger partial charge in [-0.2, -0.15) is 4.72 Å². The summed E-state index contributed by atoms with van der Waals surface area (Å²) in [5.74, 6) is -2.37. The van der Waals surface area contributed by atoms with Crippen LogP contribution in [0.3, 0.4) is 0 Å². The lowest BCUT2D eigenvalue weighted by Crippen LogP contribution is -2.45. The Morgan fingerprint density at radius 2 is 1.63 bits per heavy atom. The van der Waals surface area contributed by atoms with Crippen molar-refractivity contribution in [1.82, 2.24) is 4.72 Å². The molecule has 3 rings (SSSR count). The molecule has 0 radical (unpaired) electrons. The highest BCUT2D eigenvalue weighted by Crippen LogP contribution is 2.17. The Hall–Kier alpha value is -3.10. The minimum Gasteiger partial charge on any atom is -0.322 e. The van der Waals surface area contributed by atoms with Gasteiger partial charge in [0, 0.05) is 6.07 Å². The highest BCUT2D eigenvalue weighted by atomic mass is 32.2. The van der Waals surface area contributed by atoms with Crippen molar-refractivity contribution < 1.29 is 22.0 Å². The van der Waals surface area contributed by atoms with Crippen molar-refractivity contribution in [2.75, 3.05) is 5.32 Å². The molecule has 0 heterocycles. The van der Waals surface area contributed by atoms with Gasteiger partial charge in [0.25, 0.3) is 0 Å². The van der Waals surface area contributed by atoms with Crippen molar-refractivity contribution in [2.45, 2.75) is 24.3 Å². The predicted molar refractivity (Wildman–Crippen MR) is 110 cm³/mol. The molecular formula is C22H20F2N2O3S. The van der Waals surface area contributed by atoms with Gasteiger partial charge in [-0.25, -0.2) is 17.2 Å². The maximum absolute atomic E-state index is 13.9. The number of aryl methyl sites for hydroxylation is 1. The molecule has 0 aliphatic rings. The molecule has 0 unspecified atom stereocenters. The zero-order chi connectivity index (χ0) is 21.7. The first-order valence-electron chi connectivity index (χ1n) is 9.13. The third-order valence-electron chi connectivity index (χ3n) is 4.41. The molecule has 1 amide bonds. The molecule has 0 saturated carbocycles. The largest absolute Gasteiger partial charge is 0.322 e. The van der Waals surface area contributed by atoms with E-state index in [0.717, 1.165) is 23.8 Å². The number of nitrogens with one attached hydrogen (secondary N) is 2. The number of rotatable bonds is 7. The monoisotopic (exact) mass is 430 g/mol. The van der Waals surface area contributed by atoms with Crippen LogP contribution in [0.15, 0.2) is 77.7 Å². The third-order valence-corrected chi connectivity index (χ3v) is 5.90. The second kappa shape index (κ2) is 9.15.